The van der Waals surface area contributed by atoms with Crippen molar-refractivity contribution in [3.05, 3.63) is 222 Å². The van der Waals surface area contributed by atoms with Gasteiger partial charge in [0.2, 0.25) is 0 Å². The van der Waals surface area contributed by atoms with Gasteiger partial charge < -0.3 is 5.41 Å². The molecule has 57 heavy (non-hydrogen) atoms. The SMILES string of the molecule is CC1(C)c2c(cccc2-c2ccc(C=N/C(=C\C(=N)c3ccccc3)c3cccc(-c4cccc5ccccc45)c3)c3ccccc23)-c2ccc3ccccc3c21. The lowest BCUT2D eigenvalue weighted by atomic mass is 9.77. The first-order valence-corrected chi connectivity index (χ1v) is 19.6. The molecule has 9 aromatic carbocycles. The molecule has 1 aliphatic rings. The molecule has 0 aromatic heterocycles. The van der Waals surface area contributed by atoms with Crippen LogP contribution in [0.25, 0.3) is 71.4 Å². The molecule has 270 valence electrons. The maximum absolute atomic E-state index is 9.11. The van der Waals surface area contributed by atoms with Gasteiger partial charge in [0, 0.05) is 22.8 Å². The number of nitrogens with zero attached hydrogens (tertiary/aromatic N) is 1. The first-order valence-electron chi connectivity index (χ1n) is 19.6. The largest absolute Gasteiger partial charge is 0.300 e. The van der Waals surface area contributed by atoms with E-state index in [1.165, 1.54) is 65.9 Å². The third-order valence-electron chi connectivity index (χ3n) is 11.7. The van der Waals surface area contributed by atoms with Crippen LogP contribution in [0.3, 0.4) is 0 Å². The van der Waals surface area contributed by atoms with E-state index < -0.39 is 0 Å². The highest BCUT2D eigenvalue weighted by molar-refractivity contribution is 6.12. The van der Waals surface area contributed by atoms with Crippen molar-refractivity contribution in [1.29, 1.82) is 5.41 Å². The van der Waals surface area contributed by atoms with Crippen molar-refractivity contribution < 1.29 is 0 Å². The number of nitrogens with one attached hydrogen (secondary N) is 1. The third kappa shape index (κ3) is 5.89. The van der Waals surface area contributed by atoms with Gasteiger partial charge in [0.1, 0.15) is 0 Å². The van der Waals surface area contributed by atoms with E-state index in [-0.39, 0.29) is 5.41 Å². The van der Waals surface area contributed by atoms with Crippen LogP contribution < -0.4 is 0 Å². The smallest absolute Gasteiger partial charge is 0.0723 e. The number of rotatable bonds is 7. The van der Waals surface area contributed by atoms with Gasteiger partial charge in [-0.05, 0) is 94.5 Å². The molecule has 1 aliphatic carbocycles. The quantitative estimate of drug-likeness (QED) is 0.159. The van der Waals surface area contributed by atoms with Crippen LogP contribution in [0.4, 0.5) is 0 Å². The Labute approximate surface area is 333 Å². The molecular weight excluding hydrogens is 689 g/mol. The van der Waals surface area contributed by atoms with Crippen LogP contribution in [-0.4, -0.2) is 11.9 Å². The molecule has 0 heterocycles. The van der Waals surface area contributed by atoms with Gasteiger partial charge in [-0.25, -0.2) is 0 Å². The standard InChI is InChI=1S/C55H40N2/c1-55(2)53-45-24-9-7-16-37(45)29-32-50(53)49-28-14-27-48(54(49)55)47-31-30-41(44-23-10-11-25-46(44)47)35-57-52(34-51(56)38-17-4-3-5-18-38)40-21-12-20-39(33-40)43-26-13-19-36-15-6-8-22-42(36)43/h3-35,56H,1-2H3/b52-34-,56-51?,57-35?. The molecule has 0 fully saturated rings. The fraction of sp³-hybridized carbons (Fsp3) is 0.0545. The number of hydrogen-bond acceptors (Lipinski definition) is 2. The lowest BCUT2D eigenvalue weighted by Gasteiger charge is -2.26. The summed E-state index contributed by atoms with van der Waals surface area (Å²) in [7, 11) is 0. The minimum Gasteiger partial charge on any atom is -0.300 e. The van der Waals surface area contributed by atoms with Crippen molar-refractivity contribution in [3.8, 4) is 33.4 Å². The van der Waals surface area contributed by atoms with Gasteiger partial charge in [-0.1, -0.05) is 196 Å². The molecule has 0 atom stereocenters. The molecule has 0 spiro atoms. The maximum atomic E-state index is 9.11. The van der Waals surface area contributed by atoms with Crippen molar-refractivity contribution in [2.24, 2.45) is 4.99 Å². The van der Waals surface area contributed by atoms with E-state index in [0.717, 1.165) is 33.3 Å². The number of allylic oxidation sites excluding steroid dienone is 1. The number of fused-ring (bicyclic) bond motifs is 7. The highest BCUT2D eigenvalue weighted by Gasteiger charge is 2.39. The van der Waals surface area contributed by atoms with Crippen LogP contribution in [-0.2, 0) is 5.41 Å². The zero-order valence-electron chi connectivity index (χ0n) is 32.0. The first kappa shape index (κ1) is 34.3. The van der Waals surface area contributed by atoms with Crippen molar-refractivity contribution >= 4 is 49.9 Å². The summed E-state index contributed by atoms with van der Waals surface area (Å²) in [6, 6.07) is 66.7. The van der Waals surface area contributed by atoms with E-state index in [1.54, 1.807) is 0 Å². The van der Waals surface area contributed by atoms with Gasteiger partial charge in [-0.3, -0.25) is 4.99 Å². The summed E-state index contributed by atoms with van der Waals surface area (Å²) < 4.78 is 0. The molecule has 0 bridgehead atoms. The van der Waals surface area contributed by atoms with Crippen LogP contribution in [0.2, 0.25) is 0 Å². The van der Waals surface area contributed by atoms with Crippen LogP contribution in [0, 0.1) is 5.41 Å². The van der Waals surface area contributed by atoms with Gasteiger partial charge in [-0.2, -0.15) is 0 Å². The maximum Gasteiger partial charge on any atom is 0.0723 e. The van der Waals surface area contributed by atoms with Gasteiger partial charge in [-0.15, -0.1) is 0 Å². The topological polar surface area (TPSA) is 36.2 Å². The van der Waals surface area contributed by atoms with E-state index >= 15 is 0 Å². The average molecular weight is 729 g/mol. The second-order valence-corrected chi connectivity index (χ2v) is 15.5. The van der Waals surface area contributed by atoms with E-state index in [1.807, 2.05) is 42.6 Å². The van der Waals surface area contributed by atoms with Crippen LogP contribution in [0.5, 0.6) is 0 Å². The second kappa shape index (κ2) is 13.8. The number of aliphatic imine (C=N–C) groups is 1. The molecule has 0 aliphatic heterocycles. The van der Waals surface area contributed by atoms with Crippen LogP contribution >= 0.6 is 0 Å². The van der Waals surface area contributed by atoms with Crippen molar-refractivity contribution in [2.75, 3.05) is 0 Å². The molecule has 10 rings (SSSR count). The molecule has 0 radical (unpaired) electrons. The van der Waals surface area contributed by atoms with Gasteiger partial charge in [0.25, 0.3) is 0 Å². The molecule has 2 heteroatoms. The van der Waals surface area contributed by atoms with Crippen molar-refractivity contribution in [1.82, 2.24) is 0 Å². The number of hydrogen-bond donors (Lipinski definition) is 1. The van der Waals surface area contributed by atoms with Crippen molar-refractivity contribution in [3.63, 3.8) is 0 Å². The Morgan fingerprint density at radius 2 is 1.02 bits per heavy atom. The van der Waals surface area contributed by atoms with E-state index in [0.29, 0.717) is 5.71 Å². The first-order chi connectivity index (χ1) is 28.0. The fourth-order valence-corrected chi connectivity index (χ4v) is 9.13. The lowest BCUT2D eigenvalue weighted by molar-refractivity contribution is 0.668. The summed E-state index contributed by atoms with van der Waals surface area (Å²) in [4.78, 5) is 5.21. The van der Waals surface area contributed by atoms with Crippen LogP contribution in [0.15, 0.2) is 199 Å². The zero-order valence-corrected chi connectivity index (χ0v) is 32.0. The number of benzene rings is 9. The highest BCUT2D eigenvalue weighted by atomic mass is 14.7. The minimum absolute atomic E-state index is 0.188. The van der Waals surface area contributed by atoms with Gasteiger partial charge >= 0.3 is 0 Å². The second-order valence-electron chi connectivity index (χ2n) is 15.5. The summed E-state index contributed by atoms with van der Waals surface area (Å²) in [5, 5.41) is 16.4. The Hall–Kier alpha value is -7.16. The van der Waals surface area contributed by atoms with Crippen molar-refractivity contribution in [2.45, 2.75) is 19.3 Å². The van der Waals surface area contributed by atoms with Gasteiger partial charge in [0.05, 0.1) is 11.4 Å². The predicted octanol–water partition coefficient (Wildman–Crippen LogP) is 14.3. The third-order valence-corrected chi connectivity index (χ3v) is 11.7. The Morgan fingerprint density at radius 3 is 1.82 bits per heavy atom. The zero-order chi connectivity index (χ0) is 38.5. The predicted molar refractivity (Wildman–Crippen MR) is 243 cm³/mol. The Kier molecular flexibility index (Phi) is 8.34. The molecular formula is C55H40N2. The monoisotopic (exact) mass is 728 g/mol. The van der Waals surface area contributed by atoms with E-state index in [4.69, 9.17) is 10.4 Å². The highest BCUT2D eigenvalue weighted by Crippen LogP contribution is 2.54. The lowest BCUT2D eigenvalue weighted by Crippen LogP contribution is -2.17. The summed E-state index contributed by atoms with van der Waals surface area (Å²) in [6.07, 6.45) is 3.86. The summed E-state index contributed by atoms with van der Waals surface area (Å²) in [6.45, 7) is 4.76. The van der Waals surface area contributed by atoms with E-state index in [9.17, 15) is 0 Å². The van der Waals surface area contributed by atoms with Crippen LogP contribution in [0.1, 0.15) is 41.7 Å². The Bertz CT molecular complexity index is 3100. The Morgan fingerprint density at radius 1 is 0.456 bits per heavy atom. The summed E-state index contributed by atoms with van der Waals surface area (Å²) in [5.41, 5.74) is 14.0. The molecule has 1 N–H and O–H groups in total. The summed E-state index contributed by atoms with van der Waals surface area (Å²) in [5.74, 6) is 0. The average Bonchev–Trinajstić information content (AvgIpc) is 3.51. The minimum atomic E-state index is -0.188. The molecule has 9 aromatic rings. The molecule has 0 saturated heterocycles. The van der Waals surface area contributed by atoms with Gasteiger partial charge in [0.15, 0.2) is 0 Å². The summed E-state index contributed by atoms with van der Waals surface area (Å²) >= 11 is 0. The molecule has 0 amide bonds. The fourth-order valence-electron chi connectivity index (χ4n) is 9.13. The molecule has 2 nitrogen and oxygen atoms in total. The molecule has 0 saturated carbocycles. The normalized spacial score (nSPS) is 13.3. The van der Waals surface area contributed by atoms with E-state index in [2.05, 4.69) is 172 Å². The molecule has 0 unspecified atom stereocenters. The Balaban J connectivity index is 1.09.